The number of aliphatic imine (C=N–C) groups is 1. The van der Waals surface area contributed by atoms with Crippen LogP contribution in [0.3, 0.4) is 0 Å². The minimum atomic E-state index is 0.0204. The molecular formula is C21H35N5O. The molecule has 27 heavy (non-hydrogen) atoms. The molecule has 0 spiro atoms. The summed E-state index contributed by atoms with van der Waals surface area (Å²) in [5.41, 5.74) is 1.79. The minimum absolute atomic E-state index is 0.0204. The lowest BCUT2D eigenvalue weighted by Gasteiger charge is -2.33. The Hall–Kier alpha value is -2.08. The number of benzene rings is 1. The number of likely N-dealkylation sites (tertiary alicyclic amines) is 1. The summed E-state index contributed by atoms with van der Waals surface area (Å²) in [6.45, 7) is 8.97. The largest absolute Gasteiger partial charge is 0.357 e. The van der Waals surface area contributed by atoms with Gasteiger partial charge in [-0.3, -0.25) is 9.69 Å². The number of hydrogen-bond donors (Lipinski definition) is 2. The number of carbonyl (C=O) groups is 1. The zero-order chi connectivity index (χ0) is 19.6. The van der Waals surface area contributed by atoms with Crippen molar-refractivity contribution in [2.45, 2.75) is 45.7 Å². The van der Waals surface area contributed by atoms with Crippen LogP contribution in [0, 0.1) is 0 Å². The van der Waals surface area contributed by atoms with Crippen LogP contribution in [0.1, 0.15) is 49.0 Å². The summed E-state index contributed by atoms with van der Waals surface area (Å²) in [4.78, 5) is 20.8. The van der Waals surface area contributed by atoms with E-state index in [9.17, 15) is 4.79 Å². The summed E-state index contributed by atoms with van der Waals surface area (Å²) in [7, 11) is 3.53. The lowest BCUT2D eigenvalue weighted by Crippen LogP contribution is -2.45. The molecule has 0 saturated carbocycles. The Kier molecular flexibility index (Phi) is 8.58. The molecule has 0 aliphatic carbocycles. The van der Waals surface area contributed by atoms with Crippen molar-refractivity contribution < 1.29 is 4.79 Å². The summed E-state index contributed by atoms with van der Waals surface area (Å²) >= 11 is 0. The van der Waals surface area contributed by atoms with Crippen molar-refractivity contribution in [1.82, 2.24) is 20.4 Å². The molecule has 6 heteroatoms. The highest BCUT2D eigenvalue weighted by molar-refractivity contribution is 5.93. The second-order valence-corrected chi connectivity index (χ2v) is 7.40. The Balaban J connectivity index is 1.86. The molecule has 1 amide bonds. The molecule has 1 atom stereocenters. The van der Waals surface area contributed by atoms with Crippen LogP contribution >= 0.6 is 0 Å². The van der Waals surface area contributed by atoms with Gasteiger partial charge in [0.2, 0.25) is 0 Å². The van der Waals surface area contributed by atoms with Gasteiger partial charge in [-0.2, -0.15) is 0 Å². The van der Waals surface area contributed by atoms with Gasteiger partial charge in [-0.1, -0.05) is 18.6 Å². The number of piperidine rings is 1. The highest BCUT2D eigenvalue weighted by Gasteiger charge is 2.17. The number of carbonyl (C=O) groups excluding carboxylic acids is 1. The maximum atomic E-state index is 12.0. The van der Waals surface area contributed by atoms with Crippen LogP contribution < -0.4 is 10.6 Å². The van der Waals surface area contributed by atoms with Crippen molar-refractivity contribution in [2.24, 2.45) is 4.99 Å². The molecule has 1 saturated heterocycles. The Bertz CT molecular complexity index is 612. The first kappa shape index (κ1) is 21.2. The van der Waals surface area contributed by atoms with E-state index in [0.29, 0.717) is 18.2 Å². The fraction of sp³-hybridized carbons (Fsp3) is 0.619. The molecule has 2 rings (SSSR count). The first-order chi connectivity index (χ1) is 13.0. The van der Waals surface area contributed by atoms with Crippen molar-refractivity contribution in [3.05, 3.63) is 35.4 Å². The number of guanidine groups is 1. The summed E-state index contributed by atoms with van der Waals surface area (Å²) in [6.07, 6.45) is 3.97. The summed E-state index contributed by atoms with van der Waals surface area (Å²) in [5, 5.41) is 6.75. The Labute approximate surface area is 164 Å². The second kappa shape index (κ2) is 10.9. The molecule has 0 aromatic heterocycles. The molecule has 1 heterocycles. The van der Waals surface area contributed by atoms with E-state index in [4.69, 9.17) is 0 Å². The van der Waals surface area contributed by atoms with E-state index in [2.05, 4.69) is 34.4 Å². The zero-order valence-electron chi connectivity index (χ0n) is 17.3. The van der Waals surface area contributed by atoms with Crippen LogP contribution in [0.25, 0.3) is 0 Å². The van der Waals surface area contributed by atoms with E-state index in [1.165, 1.54) is 25.8 Å². The van der Waals surface area contributed by atoms with Gasteiger partial charge in [0.15, 0.2) is 5.96 Å². The van der Waals surface area contributed by atoms with Gasteiger partial charge in [0.25, 0.3) is 5.91 Å². The van der Waals surface area contributed by atoms with Gasteiger partial charge in [0, 0.05) is 45.3 Å². The van der Waals surface area contributed by atoms with Crippen LogP contribution in [0.5, 0.6) is 0 Å². The maximum Gasteiger partial charge on any atom is 0.253 e. The molecule has 1 fully saturated rings. The number of nitrogens with one attached hydrogen (secondary N) is 2. The number of rotatable bonds is 7. The molecule has 150 valence electrons. The average Bonchev–Trinajstić information content (AvgIpc) is 2.67. The molecule has 2 N–H and O–H groups in total. The molecule has 0 radical (unpaired) electrons. The molecule has 1 aromatic rings. The van der Waals surface area contributed by atoms with Gasteiger partial charge in [-0.15, -0.1) is 0 Å². The average molecular weight is 374 g/mol. The van der Waals surface area contributed by atoms with Crippen molar-refractivity contribution >= 4 is 11.9 Å². The van der Waals surface area contributed by atoms with Crippen LogP contribution in [0.4, 0.5) is 0 Å². The molecule has 1 aliphatic heterocycles. The molecule has 6 nitrogen and oxygen atoms in total. The van der Waals surface area contributed by atoms with Crippen LogP contribution in [-0.2, 0) is 6.54 Å². The van der Waals surface area contributed by atoms with Gasteiger partial charge in [-0.05, 0) is 50.9 Å². The summed E-state index contributed by atoms with van der Waals surface area (Å²) in [6, 6.07) is 8.36. The lowest BCUT2D eigenvalue weighted by molar-refractivity contribution is 0.0827. The van der Waals surface area contributed by atoms with E-state index in [1.807, 2.05) is 24.3 Å². The van der Waals surface area contributed by atoms with Crippen molar-refractivity contribution in [3.8, 4) is 0 Å². The maximum absolute atomic E-state index is 12.0. The first-order valence-electron chi connectivity index (χ1n) is 10.1. The fourth-order valence-electron chi connectivity index (χ4n) is 3.33. The SMILES string of the molecule is CCNC(=NCc1ccc(C(=O)N(C)C)cc1)NCCN1CCCCC1C. The van der Waals surface area contributed by atoms with Gasteiger partial charge >= 0.3 is 0 Å². The summed E-state index contributed by atoms with van der Waals surface area (Å²) in [5.74, 6) is 0.864. The molecule has 1 aliphatic rings. The summed E-state index contributed by atoms with van der Waals surface area (Å²) < 4.78 is 0. The Morgan fingerprint density at radius 2 is 1.96 bits per heavy atom. The highest BCUT2D eigenvalue weighted by Crippen LogP contribution is 2.15. The molecular weight excluding hydrogens is 338 g/mol. The molecule has 1 aromatic carbocycles. The topological polar surface area (TPSA) is 60.0 Å². The van der Waals surface area contributed by atoms with Crippen molar-refractivity contribution in [3.63, 3.8) is 0 Å². The lowest BCUT2D eigenvalue weighted by atomic mass is 10.0. The first-order valence-corrected chi connectivity index (χ1v) is 10.1. The van der Waals surface area contributed by atoms with E-state index >= 15 is 0 Å². The van der Waals surface area contributed by atoms with Gasteiger partial charge in [0.05, 0.1) is 6.54 Å². The quantitative estimate of drug-likeness (QED) is 0.569. The fourth-order valence-corrected chi connectivity index (χ4v) is 3.33. The minimum Gasteiger partial charge on any atom is -0.357 e. The van der Waals surface area contributed by atoms with E-state index in [1.54, 1.807) is 19.0 Å². The monoisotopic (exact) mass is 373 g/mol. The number of hydrogen-bond acceptors (Lipinski definition) is 3. The third-order valence-electron chi connectivity index (χ3n) is 5.00. The van der Waals surface area contributed by atoms with Gasteiger partial charge in [0.1, 0.15) is 0 Å². The molecule has 1 unspecified atom stereocenters. The second-order valence-electron chi connectivity index (χ2n) is 7.40. The van der Waals surface area contributed by atoms with Crippen LogP contribution in [0.2, 0.25) is 0 Å². The van der Waals surface area contributed by atoms with Crippen molar-refractivity contribution in [1.29, 1.82) is 0 Å². The normalized spacial score (nSPS) is 18.2. The van der Waals surface area contributed by atoms with E-state index in [-0.39, 0.29) is 5.91 Å². The number of amides is 1. The van der Waals surface area contributed by atoms with Crippen LogP contribution in [-0.4, -0.2) is 68.0 Å². The highest BCUT2D eigenvalue weighted by atomic mass is 16.2. The van der Waals surface area contributed by atoms with Gasteiger partial charge in [-0.25, -0.2) is 4.99 Å². The standard InChI is InChI=1S/C21H35N5O/c1-5-22-21(23-13-15-26-14-7-6-8-17(26)2)24-16-18-9-11-19(12-10-18)20(27)25(3)4/h9-12,17H,5-8,13-16H2,1-4H3,(H2,22,23,24). The Morgan fingerprint density at radius 1 is 1.22 bits per heavy atom. The molecule has 0 bridgehead atoms. The zero-order valence-corrected chi connectivity index (χ0v) is 17.3. The van der Waals surface area contributed by atoms with E-state index < -0.39 is 0 Å². The third kappa shape index (κ3) is 6.86. The van der Waals surface area contributed by atoms with Crippen LogP contribution in [0.15, 0.2) is 29.3 Å². The van der Waals surface area contributed by atoms with Gasteiger partial charge < -0.3 is 15.5 Å². The van der Waals surface area contributed by atoms with E-state index in [0.717, 1.165) is 31.2 Å². The predicted molar refractivity (Wildman–Crippen MR) is 112 cm³/mol. The smallest absolute Gasteiger partial charge is 0.253 e. The predicted octanol–water partition coefficient (Wildman–Crippen LogP) is 2.32. The number of nitrogens with zero attached hydrogens (tertiary/aromatic N) is 3. The third-order valence-corrected chi connectivity index (χ3v) is 5.00. The van der Waals surface area contributed by atoms with Crippen molar-refractivity contribution in [2.75, 3.05) is 40.3 Å². The Morgan fingerprint density at radius 3 is 2.59 bits per heavy atom.